The molecule has 156 valence electrons. The molecule has 2 heterocycles. The number of hydrogen-bond acceptors (Lipinski definition) is 3. The fraction of sp³-hybridized carbons (Fsp3) is 0.333. The maximum Gasteiger partial charge on any atom is 0.274 e. The van der Waals surface area contributed by atoms with Crippen LogP contribution in [-0.2, 0) is 24.3 Å². The molecule has 30 heavy (non-hydrogen) atoms. The number of benzene rings is 2. The molecule has 6 heteroatoms. The van der Waals surface area contributed by atoms with E-state index in [1.807, 2.05) is 30.9 Å². The summed E-state index contributed by atoms with van der Waals surface area (Å²) in [5.41, 5.74) is 8.04. The van der Waals surface area contributed by atoms with Gasteiger partial charge >= 0.3 is 0 Å². The van der Waals surface area contributed by atoms with Crippen LogP contribution in [-0.4, -0.2) is 33.0 Å². The highest BCUT2D eigenvalue weighted by atomic mass is 16.5. The first-order valence-corrected chi connectivity index (χ1v) is 10.3. The van der Waals surface area contributed by atoms with Gasteiger partial charge in [0, 0.05) is 59.7 Å². The van der Waals surface area contributed by atoms with Gasteiger partial charge in [0.05, 0.1) is 0 Å². The summed E-state index contributed by atoms with van der Waals surface area (Å²) in [6.45, 7) is 8.06. The molecule has 4 rings (SSSR count). The van der Waals surface area contributed by atoms with Crippen LogP contribution in [0.25, 0.3) is 10.9 Å². The van der Waals surface area contributed by atoms with E-state index in [-0.39, 0.29) is 11.8 Å². The third kappa shape index (κ3) is 3.59. The van der Waals surface area contributed by atoms with Crippen molar-refractivity contribution in [3.05, 3.63) is 70.4 Å². The maximum absolute atomic E-state index is 12.6. The zero-order chi connectivity index (χ0) is 21.4. The summed E-state index contributed by atoms with van der Waals surface area (Å²) in [6.07, 6.45) is 0.826. The molecule has 2 amide bonds. The van der Waals surface area contributed by atoms with Crippen molar-refractivity contribution in [3.8, 4) is 0 Å². The number of carbonyl (C=O) groups excluding carboxylic acids is 2. The molecule has 2 aromatic carbocycles. The second-order valence-corrected chi connectivity index (χ2v) is 8.33. The number of rotatable bonds is 4. The molecule has 0 spiro atoms. The summed E-state index contributed by atoms with van der Waals surface area (Å²) < 4.78 is 2.34. The zero-order valence-electron chi connectivity index (χ0n) is 17.6. The SMILES string of the molecule is Cc1ccc2c(c1)c1c(n2Cc2ccc(C(=O)NO)cc2)CCN(C(=O)C(C)C)C1. The molecule has 6 nitrogen and oxygen atoms in total. The fourth-order valence-electron chi connectivity index (χ4n) is 4.31. The van der Waals surface area contributed by atoms with Gasteiger partial charge in [-0.05, 0) is 36.8 Å². The van der Waals surface area contributed by atoms with Crippen LogP contribution in [0.2, 0.25) is 0 Å². The Hall–Kier alpha value is -3.12. The van der Waals surface area contributed by atoms with Crippen LogP contribution in [0, 0.1) is 12.8 Å². The average Bonchev–Trinajstić information content (AvgIpc) is 3.05. The van der Waals surface area contributed by atoms with Crippen molar-refractivity contribution in [1.29, 1.82) is 0 Å². The lowest BCUT2D eigenvalue weighted by molar-refractivity contribution is -0.135. The number of amides is 2. The molecule has 0 radical (unpaired) electrons. The standard InChI is InChI=1S/C24H27N3O3/c1-15(2)24(29)26-11-10-22-20(14-26)19-12-16(3)4-9-21(19)27(22)13-17-5-7-18(8-6-17)23(28)25-30/h4-9,12,15,30H,10-11,13-14H2,1-3H3,(H,25,28). The second kappa shape index (κ2) is 7.95. The minimum atomic E-state index is -0.518. The Morgan fingerprint density at radius 2 is 1.87 bits per heavy atom. The molecular formula is C24H27N3O3. The highest BCUT2D eigenvalue weighted by molar-refractivity contribution is 5.93. The number of hydrogen-bond donors (Lipinski definition) is 2. The molecule has 1 aliphatic heterocycles. The maximum atomic E-state index is 12.6. The summed E-state index contributed by atoms with van der Waals surface area (Å²) in [6, 6.07) is 13.7. The molecule has 0 fully saturated rings. The Kier molecular flexibility index (Phi) is 5.35. The molecule has 0 aliphatic carbocycles. The number of nitrogens with one attached hydrogen (secondary N) is 1. The van der Waals surface area contributed by atoms with Gasteiger partial charge in [-0.2, -0.15) is 0 Å². The molecule has 2 N–H and O–H groups in total. The first kappa shape index (κ1) is 20.2. The summed E-state index contributed by atoms with van der Waals surface area (Å²) in [7, 11) is 0. The van der Waals surface area contributed by atoms with Crippen molar-refractivity contribution >= 4 is 22.7 Å². The number of aromatic nitrogens is 1. The lowest BCUT2D eigenvalue weighted by atomic mass is 10.0. The number of fused-ring (bicyclic) bond motifs is 3. The summed E-state index contributed by atoms with van der Waals surface area (Å²) in [5.74, 6) is -0.320. The van der Waals surface area contributed by atoms with Gasteiger partial charge < -0.3 is 9.47 Å². The lowest BCUT2D eigenvalue weighted by Gasteiger charge is -2.29. The third-order valence-electron chi connectivity index (χ3n) is 5.87. The minimum Gasteiger partial charge on any atom is -0.340 e. The molecule has 1 aliphatic rings. The van der Waals surface area contributed by atoms with Crippen molar-refractivity contribution < 1.29 is 14.8 Å². The van der Waals surface area contributed by atoms with Crippen molar-refractivity contribution in [1.82, 2.24) is 14.9 Å². The predicted octanol–water partition coefficient (Wildman–Crippen LogP) is 3.66. The Morgan fingerprint density at radius 3 is 2.53 bits per heavy atom. The van der Waals surface area contributed by atoms with Gasteiger partial charge in [-0.25, -0.2) is 5.48 Å². The molecule has 0 atom stereocenters. The van der Waals surface area contributed by atoms with Crippen LogP contribution in [0.5, 0.6) is 0 Å². The Balaban J connectivity index is 1.73. The van der Waals surface area contributed by atoms with Crippen LogP contribution in [0.3, 0.4) is 0 Å². The quantitative estimate of drug-likeness (QED) is 0.514. The topological polar surface area (TPSA) is 74.6 Å². The lowest BCUT2D eigenvalue weighted by Crippen LogP contribution is -2.38. The first-order valence-electron chi connectivity index (χ1n) is 10.3. The van der Waals surface area contributed by atoms with Crippen molar-refractivity contribution in [2.24, 2.45) is 5.92 Å². The van der Waals surface area contributed by atoms with Crippen LogP contribution in [0.4, 0.5) is 0 Å². The van der Waals surface area contributed by atoms with Gasteiger partial charge in [-0.1, -0.05) is 37.6 Å². The molecule has 0 bridgehead atoms. The Bertz CT molecular complexity index is 1110. The number of aryl methyl sites for hydroxylation is 1. The van der Waals surface area contributed by atoms with E-state index in [1.165, 1.54) is 27.7 Å². The van der Waals surface area contributed by atoms with E-state index < -0.39 is 5.91 Å². The summed E-state index contributed by atoms with van der Waals surface area (Å²) >= 11 is 0. The number of hydroxylamine groups is 1. The predicted molar refractivity (Wildman–Crippen MR) is 115 cm³/mol. The zero-order valence-corrected chi connectivity index (χ0v) is 17.6. The van der Waals surface area contributed by atoms with E-state index in [9.17, 15) is 9.59 Å². The number of nitrogens with zero attached hydrogens (tertiary/aromatic N) is 2. The van der Waals surface area contributed by atoms with Crippen LogP contribution < -0.4 is 5.48 Å². The summed E-state index contributed by atoms with van der Waals surface area (Å²) in [5, 5.41) is 10.0. The second-order valence-electron chi connectivity index (χ2n) is 8.33. The van der Waals surface area contributed by atoms with E-state index in [2.05, 4.69) is 29.7 Å². The highest BCUT2D eigenvalue weighted by Gasteiger charge is 2.27. The van der Waals surface area contributed by atoms with Crippen molar-refractivity contribution in [2.45, 2.75) is 40.3 Å². The van der Waals surface area contributed by atoms with Gasteiger partial charge in [0.25, 0.3) is 5.91 Å². The van der Waals surface area contributed by atoms with E-state index in [4.69, 9.17) is 5.21 Å². The van der Waals surface area contributed by atoms with Crippen molar-refractivity contribution in [3.63, 3.8) is 0 Å². The molecule has 0 unspecified atom stereocenters. The Labute approximate surface area is 176 Å². The average molecular weight is 405 g/mol. The smallest absolute Gasteiger partial charge is 0.274 e. The monoisotopic (exact) mass is 405 g/mol. The fourth-order valence-corrected chi connectivity index (χ4v) is 4.31. The third-order valence-corrected chi connectivity index (χ3v) is 5.87. The van der Waals surface area contributed by atoms with E-state index in [0.29, 0.717) is 18.7 Å². The minimum absolute atomic E-state index is 0.00345. The van der Waals surface area contributed by atoms with Crippen molar-refractivity contribution in [2.75, 3.05) is 6.54 Å². The normalized spacial score (nSPS) is 13.6. The van der Waals surface area contributed by atoms with Crippen LogP contribution in [0.1, 0.15) is 46.6 Å². The Morgan fingerprint density at radius 1 is 1.13 bits per heavy atom. The number of carbonyl (C=O) groups is 2. The van der Waals surface area contributed by atoms with Gasteiger partial charge in [-0.3, -0.25) is 14.8 Å². The molecule has 3 aromatic rings. The van der Waals surface area contributed by atoms with E-state index in [0.717, 1.165) is 18.5 Å². The largest absolute Gasteiger partial charge is 0.340 e. The van der Waals surface area contributed by atoms with E-state index in [1.54, 1.807) is 17.6 Å². The van der Waals surface area contributed by atoms with Gasteiger partial charge in [0.15, 0.2) is 0 Å². The van der Waals surface area contributed by atoms with Gasteiger partial charge in [0.2, 0.25) is 5.91 Å². The molecule has 1 aromatic heterocycles. The first-order chi connectivity index (χ1) is 14.4. The van der Waals surface area contributed by atoms with Gasteiger partial charge in [-0.15, -0.1) is 0 Å². The van der Waals surface area contributed by atoms with Crippen LogP contribution >= 0.6 is 0 Å². The highest BCUT2D eigenvalue weighted by Crippen LogP contribution is 2.33. The molecular weight excluding hydrogens is 378 g/mol. The molecule has 0 saturated heterocycles. The van der Waals surface area contributed by atoms with E-state index >= 15 is 0 Å². The molecule has 0 saturated carbocycles. The summed E-state index contributed by atoms with van der Waals surface area (Å²) in [4.78, 5) is 26.1. The van der Waals surface area contributed by atoms with Gasteiger partial charge in [0.1, 0.15) is 0 Å². The van der Waals surface area contributed by atoms with Crippen LogP contribution in [0.15, 0.2) is 42.5 Å².